The molecule has 9 heteroatoms. The Morgan fingerprint density at radius 2 is 1.28 bits per heavy atom. The first-order valence-electron chi connectivity index (χ1n) is 11.3. The zero-order valence-electron chi connectivity index (χ0n) is 18.8. The molecular weight excluding hydrogens is 394 g/mol. The summed E-state index contributed by atoms with van der Waals surface area (Å²) in [7, 11) is -4.17. The highest BCUT2D eigenvalue weighted by atomic mass is 32.3. The summed E-state index contributed by atoms with van der Waals surface area (Å²) in [5.41, 5.74) is 5.48. The predicted octanol–water partition coefficient (Wildman–Crippen LogP) is 2.89. The van der Waals surface area contributed by atoms with Gasteiger partial charge in [-0.2, -0.15) is 8.42 Å². The van der Waals surface area contributed by atoms with Gasteiger partial charge in [-0.3, -0.25) is 4.55 Å². The van der Waals surface area contributed by atoms with Crippen LogP contribution in [0.4, 0.5) is 0 Å². The molecule has 0 amide bonds. The largest absolute Gasteiger partial charge is 0.397 e. The molecule has 0 spiro atoms. The zero-order valence-corrected chi connectivity index (χ0v) is 19.6. The minimum atomic E-state index is -4.17. The Kier molecular flexibility index (Phi) is 27.4. The van der Waals surface area contributed by atoms with E-state index in [1.165, 1.54) is 71.3 Å². The highest BCUT2D eigenvalue weighted by molar-refractivity contribution is 7.80. The zero-order chi connectivity index (χ0) is 22.1. The summed E-state index contributed by atoms with van der Waals surface area (Å²) in [5, 5.41) is 6.94. The molecule has 0 unspecified atom stereocenters. The minimum absolute atomic E-state index is 0.0289. The lowest BCUT2D eigenvalue weighted by atomic mass is 10.1. The Balaban J connectivity index is 0. The third-order valence-corrected chi connectivity index (χ3v) is 4.59. The van der Waals surface area contributed by atoms with Gasteiger partial charge in [-0.05, 0) is 58.8 Å². The topological polar surface area (TPSA) is 123 Å². The van der Waals surface area contributed by atoms with Crippen molar-refractivity contribution in [3.8, 4) is 0 Å². The van der Waals surface area contributed by atoms with Crippen LogP contribution in [-0.4, -0.2) is 65.5 Å². The van der Waals surface area contributed by atoms with Crippen LogP contribution in [-0.2, 0) is 19.3 Å². The summed E-state index contributed by atoms with van der Waals surface area (Å²) in [5.74, 6) is 0. The van der Waals surface area contributed by atoms with Crippen LogP contribution >= 0.6 is 0 Å². The summed E-state index contributed by atoms with van der Waals surface area (Å²) in [6.45, 7) is 10.5. The Morgan fingerprint density at radius 1 is 0.759 bits per heavy atom. The molecule has 0 aromatic heterocycles. The summed E-state index contributed by atoms with van der Waals surface area (Å²) in [6, 6.07) is 0. The lowest BCUT2D eigenvalue weighted by molar-refractivity contribution is 0.136. The van der Waals surface area contributed by atoms with Gasteiger partial charge in [0.15, 0.2) is 0 Å². The van der Waals surface area contributed by atoms with E-state index in [1.54, 1.807) is 0 Å². The minimum Gasteiger partial charge on any atom is -0.380 e. The maximum absolute atomic E-state index is 9.56. The van der Waals surface area contributed by atoms with Crippen LogP contribution in [0.5, 0.6) is 0 Å². The molecule has 0 bridgehead atoms. The molecule has 0 saturated carbocycles. The Labute approximate surface area is 179 Å². The van der Waals surface area contributed by atoms with Crippen LogP contribution in [0.25, 0.3) is 0 Å². The molecule has 0 rings (SSSR count). The Bertz CT molecular complexity index is 378. The molecule has 0 atom stereocenters. The van der Waals surface area contributed by atoms with E-state index in [1.807, 2.05) is 0 Å². The van der Waals surface area contributed by atoms with Gasteiger partial charge in [0.25, 0.3) is 0 Å². The van der Waals surface area contributed by atoms with Crippen molar-refractivity contribution in [1.29, 1.82) is 0 Å². The van der Waals surface area contributed by atoms with Crippen molar-refractivity contribution in [2.45, 2.75) is 78.1 Å². The SMILES string of the molecule is CCCOCCNCCCNCCCCCCCCCCN.CCOS(=O)(=O)O. The van der Waals surface area contributed by atoms with Crippen molar-refractivity contribution in [3.05, 3.63) is 0 Å². The lowest BCUT2D eigenvalue weighted by Gasteiger charge is -2.07. The molecule has 0 aliphatic carbocycles. The molecule has 0 aliphatic heterocycles. The molecule has 0 fully saturated rings. The second-order valence-electron chi connectivity index (χ2n) is 6.92. The monoisotopic (exact) mass is 441 g/mol. The van der Waals surface area contributed by atoms with Gasteiger partial charge < -0.3 is 21.1 Å². The van der Waals surface area contributed by atoms with Crippen molar-refractivity contribution in [2.24, 2.45) is 5.73 Å². The first kappa shape index (κ1) is 30.9. The van der Waals surface area contributed by atoms with Crippen molar-refractivity contribution >= 4 is 10.4 Å². The number of nitrogens with two attached hydrogens (primary N) is 1. The summed E-state index contributed by atoms with van der Waals surface area (Å²) in [4.78, 5) is 0. The van der Waals surface area contributed by atoms with E-state index in [-0.39, 0.29) is 6.61 Å². The van der Waals surface area contributed by atoms with Crippen LogP contribution in [0.1, 0.15) is 78.1 Å². The maximum atomic E-state index is 9.56. The highest BCUT2D eigenvalue weighted by Gasteiger charge is 1.98. The molecule has 0 saturated heterocycles. The average Bonchev–Trinajstić information content (AvgIpc) is 2.66. The van der Waals surface area contributed by atoms with E-state index in [2.05, 4.69) is 21.7 Å². The normalized spacial score (nSPS) is 11.3. The van der Waals surface area contributed by atoms with Crippen LogP contribution in [0, 0.1) is 0 Å². The predicted molar refractivity (Wildman–Crippen MR) is 121 cm³/mol. The first-order valence-corrected chi connectivity index (χ1v) is 12.7. The summed E-state index contributed by atoms with van der Waals surface area (Å²) >= 11 is 0. The number of hydrogen-bond acceptors (Lipinski definition) is 7. The van der Waals surface area contributed by atoms with Crippen molar-refractivity contribution in [2.75, 3.05) is 52.5 Å². The standard InChI is InChI=1S/C18H41N3O.C2H6O4S/c1-2-17-22-18-16-21-15-11-14-20-13-10-8-6-4-3-5-7-9-12-19;1-2-6-7(3,4)5/h20-21H,2-19H2,1H3;2H2,1H3,(H,3,4,5). The van der Waals surface area contributed by atoms with Gasteiger partial charge >= 0.3 is 10.4 Å². The van der Waals surface area contributed by atoms with Crippen molar-refractivity contribution < 1.29 is 21.9 Å². The molecule has 8 nitrogen and oxygen atoms in total. The van der Waals surface area contributed by atoms with Gasteiger partial charge in [-0.1, -0.05) is 45.4 Å². The van der Waals surface area contributed by atoms with Crippen LogP contribution in [0.2, 0.25) is 0 Å². The fourth-order valence-electron chi connectivity index (χ4n) is 2.58. The van der Waals surface area contributed by atoms with Gasteiger partial charge in [0.2, 0.25) is 0 Å². The number of unbranched alkanes of at least 4 members (excludes halogenated alkanes) is 7. The van der Waals surface area contributed by atoms with E-state index in [4.69, 9.17) is 15.0 Å². The highest BCUT2D eigenvalue weighted by Crippen LogP contribution is 2.07. The van der Waals surface area contributed by atoms with Crippen LogP contribution in [0.15, 0.2) is 0 Å². The van der Waals surface area contributed by atoms with Gasteiger partial charge in [-0.25, -0.2) is 4.18 Å². The summed E-state index contributed by atoms with van der Waals surface area (Å²) < 4.78 is 36.1. The quantitative estimate of drug-likeness (QED) is 0.158. The van der Waals surface area contributed by atoms with Crippen LogP contribution in [0.3, 0.4) is 0 Å². The second kappa shape index (κ2) is 25.7. The molecule has 0 aliphatic rings. The van der Waals surface area contributed by atoms with E-state index < -0.39 is 10.4 Å². The second-order valence-corrected chi connectivity index (χ2v) is 8.01. The molecule has 29 heavy (non-hydrogen) atoms. The summed E-state index contributed by atoms with van der Waals surface area (Å²) in [6.07, 6.45) is 13.1. The van der Waals surface area contributed by atoms with E-state index in [9.17, 15) is 8.42 Å². The number of ether oxygens (including phenoxy) is 1. The fourth-order valence-corrected chi connectivity index (χ4v) is 2.88. The van der Waals surface area contributed by atoms with E-state index in [0.29, 0.717) is 0 Å². The molecule has 5 N–H and O–H groups in total. The first-order chi connectivity index (χ1) is 14.0. The van der Waals surface area contributed by atoms with Gasteiger partial charge in [-0.15, -0.1) is 0 Å². The Hall–Kier alpha value is -0.290. The molecule has 178 valence electrons. The van der Waals surface area contributed by atoms with E-state index in [0.717, 1.165) is 45.8 Å². The van der Waals surface area contributed by atoms with Gasteiger partial charge in [0.05, 0.1) is 13.2 Å². The molecule has 0 heterocycles. The number of hydrogen-bond donors (Lipinski definition) is 4. The molecule has 0 aromatic carbocycles. The Morgan fingerprint density at radius 3 is 1.76 bits per heavy atom. The molecule has 0 aromatic rings. The van der Waals surface area contributed by atoms with Crippen molar-refractivity contribution in [1.82, 2.24) is 10.6 Å². The number of rotatable bonds is 21. The smallest absolute Gasteiger partial charge is 0.380 e. The fraction of sp³-hybridized carbons (Fsp3) is 1.00. The van der Waals surface area contributed by atoms with Gasteiger partial charge in [0.1, 0.15) is 0 Å². The molecular formula is C20H47N3O5S. The van der Waals surface area contributed by atoms with Crippen LogP contribution < -0.4 is 16.4 Å². The number of nitrogens with one attached hydrogen (secondary N) is 2. The average molecular weight is 442 g/mol. The van der Waals surface area contributed by atoms with Crippen molar-refractivity contribution in [3.63, 3.8) is 0 Å². The lowest BCUT2D eigenvalue weighted by Crippen LogP contribution is -2.25. The van der Waals surface area contributed by atoms with E-state index >= 15 is 0 Å². The van der Waals surface area contributed by atoms with Gasteiger partial charge in [0, 0.05) is 13.2 Å². The third-order valence-electron chi connectivity index (χ3n) is 4.05. The molecule has 0 radical (unpaired) electrons. The maximum Gasteiger partial charge on any atom is 0.397 e. The third kappa shape index (κ3) is 35.5.